The van der Waals surface area contributed by atoms with Crippen molar-refractivity contribution in [2.45, 2.75) is 39.3 Å². The number of carbonyl (C=O) groups is 2. The van der Waals surface area contributed by atoms with Gasteiger partial charge >= 0.3 is 17.1 Å². The molecule has 3 aliphatic rings. The number of Topliss-reactive ketones (excluding diaryl/α,β-unsaturated/α-hetero) is 2. The van der Waals surface area contributed by atoms with Crippen LogP contribution in [0.4, 0.5) is 0 Å². The van der Waals surface area contributed by atoms with Crippen LogP contribution in [0.2, 0.25) is 39.3 Å². The van der Waals surface area contributed by atoms with E-state index in [0.717, 1.165) is 27.8 Å². The monoisotopic (exact) mass is 434 g/mol. The van der Waals surface area contributed by atoms with E-state index >= 15 is 0 Å². The predicted molar refractivity (Wildman–Crippen MR) is 112 cm³/mol. The summed E-state index contributed by atoms with van der Waals surface area (Å²) in [6.07, 6.45) is 16.1. The van der Waals surface area contributed by atoms with Crippen LogP contribution in [0.5, 0.6) is 0 Å². The van der Waals surface area contributed by atoms with Gasteiger partial charge in [-0.3, -0.25) is 9.59 Å². The largest absolute Gasteiger partial charge is 2.00 e. The van der Waals surface area contributed by atoms with Crippen LogP contribution in [0, 0.1) is 63.2 Å². The molecule has 10 radical (unpaired) electrons. The van der Waals surface area contributed by atoms with Gasteiger partial charge in [0, 0.05) is 17.4 Å². The van der Waals surface area contributed by atoms with Crippen molar-refractivity contribution in [3.05, 3.63) is 84.7 Å². The molecule has 0 N–H and O–H groups in total. The van der Waals surface area contributed by atoms with Gasteiger partial charge in [0.05, 0.1) is 16.1 Å². The van der Waals surface area contributed by atoms with Crippen molar-refractivity contribution in [3.63, 3.8) is 0 Å². The van der Waals surface area contributed by atoms with Gasteiger partial charge in [0.1, 0.15) is 0 Å². The summed E-state index contributed by atoms with van der Waals surface area (Å²) >= 11 is 0. The molecule has 0 aliphatic heterocycles. The molecule has 0 aromatic carbocycles. The zero-order valence-corrected chi connectivity index (χ0v) is 19.9. The second kappa shape index (κ2) is 8.26. The van der Waals surface area contributed by atoms with E-state index in [0.29, 0.717) is 5.57 Å². The molecule has 0 spiro atoms. The number of carbonyl (C=O) groups excluding carboxylic acids is 2. The third-order valence-electron chi connectivity index (χ3n) is 4.81. The minimum atomic E-state index is -1.99. The fourth-order valence-corrected chi connectivity index (χ4v) is 7.69. The SMILES string of the molecule is C[Si](C)(C)C1=C([C]2[CH][CH][CH][CH]2)/C(=C(\[C]2[CH][CH][CH][CH]2)[Si](C)(C)C)C(=O)C1=O.[Fe+2]. The number of allylic oxidation sites excluding steroid dienone is 4. The summed E-state index contributed by atoms with van der Waals surface area (Å²) in [7, 11) is -3.87. The zero-order chi connectivity index (χ0) is 19.3. The zero-order valence-electron chi connectivity index (χ0n) is 16.8. The number of hydrogen-bond donors (Lipinski definition) is 0. The topological polar surface area (TPSA) is 34.1 Å². The van der Waals surface area contributed by atoms with Gasteiger partial charge in [-0.25, -0.2) is 0 Å². The molecule has 0 saturated heterocycles. The van der Waals surface area contributed by atoms with Crippen molar-refractivity contribution >= 4 is 27.7 Å². The Morgan fingerprint density at radius 3 is 1.67 bits per heavy atom. The van der Waals surface area contributed by atoms with Gasteiger partial charge in [0.2, 0.25) is 11.6 Å². The Balaban J connectivity index is 0.00000261. The van der Waals surface area contributed by atoms with Crippen molar-refractivity contribution in [2.75, 3.05) is 0 Å². The molecule has 0 unspecified atom stereocenters. The van der Waals surface area contributed by atoms with E-state index in [-0.39, 0.29) is 28.6 Å². The number of rotatable bonds is 4. The molecule has 140 valence electrons. The summed E-state index contributed by atoms with van der Waals surface area (Å²) in [6, 6.07) is 0. The van der Waals surface area contributed by atoms with E-state index in [9.17, 15) is 9.59 Å². The molecule has 0 aromatic rings. The van der Waals surface area contributed by atoms with Crippen molar-refractivity contribution in [1.82, 2.24) is 0 Å². The van der Waals surface area contributed by atoms with Gasteiger partial charge in [0.25, 0.3) is 0 Å². The first-order chi connectivity index (χ1) is 12.0. The third kappa shape index (κ3) is 4.36. The number of ketones is 2. The van der Waals surface area contributed by atoms with Crippen LogP contribution in [0.1, 0.15) is 0 Å². The molecule has 27 heavy (non-hydrogen) atoms. The molecule has 3 rings (SSSR count). The van der Waals surface area contributed by atoms with E-state index in [1.54, 1.807) is 0 Å². The molecule has 0 heterocycles. The summed E-state index contributed by atoms with van der Waals surface area (Å²) in [5, 5.41) is 1.89. The molecule has 2 nitrogen and oxygen atoms in total. The van der Waals surface area contributed by atoms with Crippen LogP contribution in [-0.2, 0) is 26.7 Å². The second-order valence-corrected chi connectivity index (χ2v) is 19.0. The Hall–Kier alpha value is -0.227. The molecule has 2 fully saturated rings. The third-order valence-corrected chi connectivity index (χ3v) is 8.83. The minimum absolute atomic E-state index is 0. The van der Waals surface area contributed by atoms with Crippen molar-refractivity contribution < 1.29 is 26.7 Å². The van der Waals surface area contributed by atoms with Crippen LogP contribution >= 0.6 is 0 Å². The summed E-state index contributed by atoms with van der Waals surface area (Å²) in [6.45, 7) is 13.2. The van der Waals surface area contributed by atoms with Crippen molar-refractivity contribution in [2.24, 2.45) is 0 Å². The van der Waals surface area contributed by atoms with E-state index < -0.39 is 16.1 Å². The minimum Gasteiger partial charge on any atom is -0.286 e. The average Bonchev–Trinajstić information content (AvgIpc) is 3.22. The maximum Gasteiger partial charge on any atom is 2.00 e. The number of hydrogen-bond acceptors (Lipinski definition) is 2. The summed E-state index contributed by atoms with van der Waals surface area (Å²) < 4.78 is 0. The van der Waals surface area contributed by atoms with Crippen LogP contribution in [0.15, 0.2) is 21.5 Å². The maximum absolute atomic E-state index is 13.2. The average molecular weight is 434 g/mol. The summed E-state index contributed by atoms with van der Waals surface area (Å²) in [4.78, 5) is 26.3. The molecule has 0 amide bonds. The van der Waals surface area contributed by atoms with Gasteiger partial charge in [-0.2, -0.15) is 0 Å². The Morgan fingerprint density at radius 1 is 0.741 bits per heavy atom. The standard InChI is InChI=1S/C22H26O2Si2.Fe/c1-25(2,3)21(16-13-9-10-14-16)18-17(15-11-7-8-12-15)22(26(4,5)6)20(24)19(18)23;/h7-14H,1-6H3;/q;+2/b21-18-;. The second-order valence-electron chi connectivity index (χ2n) is 9.01. The van der Waals surface area contributed by atoms with E-state index in [1.165, 1.54) is 0 Å². The Morgan fingerprint density at radius 2 is 1.22 bits per heavy atom. The van der Waals surface area contributed by atoms with Crippen LogP contribution in [0.25, 0.3) is 0 Å². The molecule has 0 aromatic heterocycles. The van der Waals surface area contributed by atoms with E-state index in [1.807, 2.05) is 38.5 Å². The Labute approximate surface area is 178 Å². The molecule has 3 aliphatic carbocycles. The van der Waals surface area contributed by atoms with Gasteiger partial charge in [-0.1, -0.05) is 44.5 Å². The first kappa shape index (κ1) is 23.1. The normalized spacial score (nSPS) is 24.8. The van der Waals surface area contributed by atoms with Crippen molar-refractivity contribution in [1.29, 1.82) is 0 Å². The molecule has 0 bridgehead atoms. The fourth-order valence-electron chi connectivity index (χ4n) is 3.86. The van der Waals surface area contributed by atoms with Gasteiger partial charge < -0.3 is 0 Å². The predicted octanol–water partition coefficient (Wildman–Crippen LogP) is 4.29. The van der Waals surface area contributed by atoms with Crippen LogP contribution in [-0.4, -0.2) is 27.7 Å². The van der Waals surface area contributed by atoms with Gasteiger partial charge in [-0.05, 0) is 62.1 Å². The first-order valence-corrected chi connectivity index (χ1v) is 16.1. The molecular formula is C22H26FeO2Si2+2. The Kier molecular flexibility index (Phi) is 7.05. The molecular weight excluding hydrogens is 408 g/mol. The molecule has 0 atom stereocenters. The van der Waals surface area contributed by atoms with Crippen LogP contribution in [0.3, 0.4) is 0 Å². The first-order valence-electron chi connectivity index (χ1n) is 9.06. The van der Waals surface area contributed by atoms with Crippen molar-refractivity contribution in [3.8, 4) is 0 Å². The molecule has 5 heteroatoms. The molecule has 2 saturated carbocycles. The van der Waals surface area contributed by atoms with Gasteiger partial charge in [-0.15, -0.1) is 0 Å². The fraction of sp³-hybridized carbons (Fsp3) is 0.273. The Bertz CT molecular complexity index is 680. The van der Waals surface area contributed by atoms with E-state index in [2.05, 4.69) is 52.1 Å². The summed E-state index contributed by atoms with van der Waals surface area (Å²) in [5.74, 6) is 1.50. The van der Waals surface area contributed by atoms with Crippen LogP contribution < -0.4 is 0 Å². The van der Waals surface area contributed by atoms with E-state index in [4.69, 9.17) is 0 Å². The smallest absolute Gasteiger partial charge is 0.286 e. The quantitative estimate of drug-likeness (QED) is 0.376. The maximum atomic E-state index is 13.2. The summed E-state index contributed by atoms with van der Waals surface area (Å²) in [5.41, 5.74) is 1.58. The van der Waals surface area contributed by atoms with Gasteiger partial charge in [0.15, 0.2) is 0 Å².